The van der Waals surface area contributed by atoms with Crippen molar-refractivity contribution in [3.05, 3.63) is 29.8 Å². The molecule has 4 heteroatoms. The number of aryl methyl sites for hydroxylation is 1. The van der Waals surface area contributed by atoms with Gasteiger partial charge in [-0.1, -0.05) is 0 Å². The number of benzene rings is 1. The molecule has 0 unspecified atom stereocenters. The quantitative estimate of drug-likeness (QED) is 0.650. The van der Waals surface area contributed by atoms with Crippen molar-refractivity contribution >= 4 is 45.2 Å². The van der Waals surface area contributed by atoms with Gasteiger partial charge in [0.25, 0.3) is 0 Å². The van der Waals surface area contributed by atoms with Gasteiger partial charge in [-0.2, -0.15) is 0 Å². The molecule has 0 N–H and O–H groups in total. The summed E-state index contributed by atoms with van der Waals surface area (Å²) in [5.74, 6) is 2.56. The maximum atomic E-state index is 5.00. The molecule has 0 aromatic heterocycles. The molecule has 0 radical (unpaired) electrons. The number of hydrogen-bond donors (Lipinski definition) is 1. The van der Waals surface area contributed by atoms with E-state index in [9.17, 15) is 0 Å². The Bertz CT molecular complexity index is 334. The summed E-state index contributed by atoms with van der Waals surface area (Å²) in [7, 11) is 0. The topological polar surface area (TPSA) is 0 Å². The third-order valence-corrected chi connectivity index (χ3v) is 15.6. The summed E-state index contributed by atoms with van der Waals surface area (Å²) in [5, 5.41) is 1.56. The van der Waals surface area contributed by atoms with Crippen LogP contribution in [-0.4, -0.2) is 11.5 Å². The Hall–Kier alpha value is 0.700. The minimum atomic E-state index is -1.52. The molecule has 1 aliphatic heterocycles. The molecular formula is C11H17PS3. The molecule has 1 aliphatic rings. The van der Waals surface area contributed by atoms with Crippen LogP contribution in [0.5, 0.6) is 0 Å². The van der Waals surface area contributed by atoms with Gasteiger partial charge in [0.05, 0.1) is 0 Å². The summed E-state index contributed by atoms with van der Waals surface area (Å²) < 4.78 is 0. The normalized spacial score (nSPS) is 21.5. The molecule has 1 aromatic rings. The van der Waals surface area contributed by atoms with Gasteiger partial charge >= 0.3 is 106 Å². The van der Waals surface area contributed by atoms with Crippen molar-refractivity contribution in [1.82, 2.24) is 0 Å². The van der Waals surface area contributed by atoms with Crippen molar-refractivity contribution in [1.29, 1.82) is 0 Å². The maximum absolute atomic E-state index is 5.00. The molecule has 1 heterocycles. The first-order valence-electron chi connectivity index (χ1n) is 5.35. The molecule has 0 bridgehead atoms. The van der Waals surface area contributed by atoms with Crippen LogP contribution in [-0.2, 0) is 6.42 Å². The van der Waals surface area contributed by atoms with Crippen molar-refractivity contribution in [2.24, 2.45) is 0 Å². The Balaban J connectivity index is 2.33. The van der Waals surface area contributed by atoms with E-state index in [0.717, 1.165) is 0 Å². The first kappa shape index (κ1) is 12.2. The van der Waals surface area contributed by atoms with Crippen LogP contribution >= 0.6 is 39.9 Å². The van der Waals surface area contributed by atoms with Crippen molar-refractivity contribution in [3.63, 3.8) is 0 Å². The zero-order valence-electron chi connectivity index (χ0n) is 8.90. The molecule has 1 saturated heterocycles. The second-order valence-corrected chi connectivity index (χ2v) is 16.8. The molecule has 1 fully saturated rings. The van der Waals surface area contributed by atoms with Gasteiger partial charge in [-0.25, -0.2) is 0 Å². The van der Waals surface area contributed by atoms with Crippen molar-refractivity contribution in [2.45, 2.75) is 19.8 Å². The van der Waals surface area contributed by atoms with Crippen LogP contribution in [0.3, 0.4) is 0 Å². The van der Waals surface area contributed by atoms with Crippen LogP contribution in [0.2, 0.25) is 0 Å². The molecule has 0 aliphatic carbocycles. The molecule has 0 atom stereocenters. The third-order valence-electron chi connectivity index (χ3n) is 2.56. The molecule has 2 rings (SSSR count). The zero-order chi connectivity index (χ0) is 10.7. The van der Waals surface area contributed by atoms with E-state index in [1.165, 1.54) is 29.9 Å². The number of hydrogen-bond acceptors (Lipinski definition) is 3. The average Bonchev–Trinajstić information content (AvgIpc) is 2.68. The fourth-order valence-corrected chi connectivity index (χ4v) is 14.5. The second kappa shape index (κ2) is 5.35. The van der Waals surface area contributed by atoms with Gasteiger partial charge in [-0.05, 0) is 0 Å². The molecule has 84 valence electrons. The molecule has 1 aromatic carbocycles. The third kappa shape index (κ3) is 2.69. The Morgan fingerprint density at radius 1 is 1.27 bits per heavy atom. The van der Waals surface area contributed by atoms with E-state index < -0.39 is 4.87 Å². The predicted octanol–water partition coefficient (Wildman–Crippen LogP) is 4.17. The molecule has 0 saturated carbocycles. The van der Waals surface area contributed by atoms with Crippen molar-refractivity contribution < 1.29 is 0 Å². The summed E-state index contributed by atoms with van der Waals surface area (Å²) in [6, 6.07) is 8.90. The van der Waals surface area contributed by atoms with Crippen molar-refractivity contribution in [3.8, 4) is 0 Å². The van der Waals surface area contributed by atoms with Gasteiger partial charge in [0.15, 0.2) is 0 Å². The van der Waals surface area contributed by atoms with Crippen LogP contribution in [0.15, 0.2) is 24.3 Å². The molecule has 0 spiro atoms. The van der Waals surface area contributed by atoms with E-state index in [2.05, 4.69) is 54.0 Å². The van der Waals surface area contributed by atoms with E-state index in [-0.39, 0.29) is 0 Å². The number of thiol groups is 1. The van der Waals surface area contributed by atoms with Crippen LogP contribution < -0.4 is 5.30 Å². The van der Waals surface area contributed by atoms with Crippen molar-refractivity contribution in [2.75, 3.05) is 11.5 Å². The van der Waals surface area contributed by atoms with Gasteiger partial charge in [0.2, 0.25) is 0 Å². The zero-order valence-corrected chi connectivity index (χ0v) is 12.4. The molecular weight excluding hydrogens is 259 g/mol. The molecule has 0 nitrogen and oxygen atoms in total. The first-order valence-corrected chi connectivity index (χ1v) is 12.1. The standard InChI is InChI=1S/C11H17PS3/c1-2-5-10-6-3-4-7-11(10)12(13)14-8-9-15-12/h3-4,6-7,12-13H,2,5,8-9H2,1H3. The molecule has 0 amide bonds. The van der Waals surface area contributed by atoms with E-state index in [4.69, 9.17) is 12.2 Å². The average molecular weight is 276 g/mol. The SMILES string of the molecule is CCCc1ccccc1[PH]1(S)SCCS1. The summed E-state index contributed by atoms with van der Waals surface area (Å²) >= 11 is 9.21. The number of rotatable bonds is 3. The predicted molar refractivity (Wildman–Crippen MR) is 82.3 cm³/mol. The van der Waals surface area contributed by atoms with E-state index in [0.29, 0.717) is 0 Å². The van der Waals surface area contributed by atoms with Crippen LogP contribution in [0.4, 0.5) is 0 Å². The second-order valence-electron chi connectivity index (χ2n) is 3.69. The summed E-state index contributed by atoms with van der Waals surface area (Å²) in [5.41, 5.74) is 1.53. The van der Waals surface area contributed by atoms with Gasteiger partial charge in [-0.3, -0.25) is 0 Å². The van der Waals surface area contributed by atoms with Gasteiger partial charge in [0, 0.05) is 0 Å². The van der Waals surface area contributed by atoms with Crippen LogP contribution in [0.25, 0.3) is 0 Å². The molecule has 15 heavy (non-hydrogen) atoms. The minimum absolute atomic E-state index is 1.20. The summed E-state index contributed by atoms with van der Waals surface area (Å²) in [6.45, 7) is 2.25. The van der Waals surface area contributed by atoms with E-state index in [1.54, 1.807) is 5.30 Å². The Kier molecular flexibility index (Phi) is 4.34. The van der Waals surface area contributed by atoms with Crippen LogP contribution in [0, 0.1) is 0 Å². The fourth-order valence-electron chi connectivity index (χ4n) is 1.87. The van der Waals surface area contributed by atoms with E-state index >= 15 is 0 Å². The summed E-state index contributed by atoms with van der Waals surface area (Å²) in [6.07, 6.45) is 2.43. The van der Waals surface area contributed by atoms with E-state index in [1.807, 2.05) is 0 Å². The first-order chi connectivity index (χ1) is 7.26. The van der Waals surface area contributed by atoms with Gasteiger partial charge in [0.1, 0.15) is 0 Å². The van der Waals surface area contributed by atoms with Gasteiger partial charge in [-0.15, -0.1) is 0 Å². The Morgan fingerprint density at radius 2 is 1.93 bits per heavy atom. The van der Waals surface area contributed by atoms with Gasteiger partial charge < -0.3 is 0 Å². The van der Waals surface area contributed by atoms with Crippen LogP contribution in [0.1, 0.15) is 18.9 Å². The summed E-state index contributed by atoms with van der Waals surface area (Å²) in [4.78, 5) is -1.52. The Labute approximate surface area is 106 Å². The monoisotopic (exact) mass is 276 g/mol. The fraction of sp³-hybridized carbons (Fsp3) is 0.455. The Morgan fingerprint density at radius 3 is 2.60 bits per heavy atom.